The van der Waals surface area contributed by atoms with Gasteiger partial charge in [0.15, 0.2) is 0 Å². The van der Waals surface area contributed by atoms with Crippen molar-refractivity contribution in [3.8, 4) is 6.07 Å². The van der Waals surface area contributed by atoms with Crippen LogP contribution in [0.5, 0.6) is 0 Å². The van der Waals surface area contributed by atoms with E-state index in [0.29, 0.717) is 6.54 Å². The normalized spacial score (nSPS) is 25.5. The van der Waals surface area contributed by atoms with Crippen LogP contribution >= 0.6 is 0 Å². The van der Waals surface area contributed by atoms with Crippen LogP contribution < -0.4 is 5.32 Å². The molecule has 0 aromatic carbocycles. The third-order valence-electron chi connectivity index (χ3n) is 2.63. The number of rotatable bonds is 2. The minimum atomic E-state index is -0.346. The van der Waals surface area contributed by atoms with Crippen LogP contribution in [0.25, 0.3) is 0 Å². The SMILES string of the molecule is CC(C)N1CC(C)(C)NC(CC#N)C1=O. The molecule has 84 valence electrons. The molecule has 1 unspecified atom stereocenters. The van der Waals surface area contributed by atoms with Crippen LogP contribution in [0.2, 0.25) is 0 Å². The molecule has 1 aliphatic heterocycles. The Morgan fingerprint density at radius 2 is 2.27 bits per heavy atom. The van der Waals surface area contributed by atoms with Crippen LogP contribution in [0.4, 0.5) is 0 Å². The van der Waals surface area contributed by atoms with E-state index >= 15 is 0 Å². The molecular formula is C11H19N3O. The summed E-state index contributed by atoms with van der Waals surface area (Å²) in [6, 6.07) is 1.90. The van der Waals surface area contributed by atoms with Gasteiger partial charge in [0.25, 0.3) is 0 Å². The number of nitrogens with one attached hydrogen (secondary N) is 1. The van der Waals surface area contributed by atoms with E-state index < -0.39 is 0 Å². The van der Waals surface area contributed by atoms with Gasteiger partial charge in [0, 0.05) is 18.1 Å². The maximum Gasteiger partial charge on any atom is 0.241 e. The van der Waals surface area contributed by atoms with E-state index in [-0.39, 0.29) is 30.0 Å². The smallest absolute Gasteiger partial charge is 0.241 e. The minimum Gasteiger partial charge on any atom is -0.337 e. The Kier molecular flexibility index (Phi) is 3.35. The largest absolute Gasteiger partial charge is 0.337 e. The van der Waals surface area contributed by atoms with Crippen LogP contribution in [0.1, 0.15) is 34.1 Å². The van der Waals surface area contributed by atoms with Crippen molar-refractivity contribution >= 4 is 5.91 Å². The zero-order valence-electron chi connectivity index (χ0n) is 9.87. The lowest BCUT2D eigenvalue weighted by Gasteiger charge is -2.44. The van der Waals surface area contributed by atoms with Crippen molar-refractivity contribution in [1.29, 1.82) is 5.26 Å². The fraction of sp³-hybridized carbons (Fsp3) is 0.818. The Morgan fingerprint density at radius 3 is 2.73 bits per heavy atom. The third kappa shape index (κ3) is 2.69. The van der Waals surface area contributed by atoms with Gasteiger partial charge in [0.1, 0.15) is 6.04 Å². The molecule has 1 fully saturated rings. The molecule has 15 heavy (non-hydrogen) atoms. The molecule has 1 saturated heterocycles. The average molecular weight is 209 g/mol. The van der Waals surface area contributed by atoms with Gasteiger partial charge in [-0.05, 0) is 27.7 Å². The molecule has 4 heteroatoms. The molecule has 0 radical (unpaired) electrons. The van der Waals surface area contributed by atoms with Gasteiger partial charge in [-0.3, -0.25) is 10.1 Å². The summed E-state index contributed by atoms with van der Waals surface area (Å²) >= 11 is 0. The van der Waals surface area contributed by atoms with Gasteiger partial charge in [0.2, 0.25) is 5.91 Å². The third-order valence-corrected chi connectivity index (χ3v) is 2.63. The van der Waals surface area contributed by atoms with Crippen molar-refractivity contribution in [1.82, 2.24) is 10.2 Å². The number of piperazine rings is 1. The molecule has 0 bridgehead atoms. The monoisotopic (exact) mass is 209 g/mol. The van der Waals surface area contributed by atoms with Crippen molar-refractivity contribution in [3.63, 3.8) is 0 Å². The van der Waals surface area contributed by atoms with E-state index in [2.05, 4.69) is 25.2 Å². The number of nitrogens with zero attached hydrogens (tertiary/aromatic N) is 2. The topological polar surface area (TPSA) is 56.1 Å². The highest BCUT2D eigenvalue weighted by Gasteiger charge is 2.38. The Balaban J connectivity index is 2.84. The molecule has 1 N–H and O–H groups in total. The highest BCUT2D eigenvalue weighted by molar-refractivity contribution is 5.83. The minimum absolute atomic E-state index is 0.0471. The number of carbonyl (C=O) groups excluding carboxylic acids is 1. The summed E-state index contributed by atoms with van der Waals surface area (Å²) in [5.41, 5.74) is -0.111. The van der Waals surface area contributed by atoms with Crippen LogP contribution in [0.3, 0.4) is 0 Å². The van der Waals surface area contributed by atoms with Crippen molar-refractivity contribution < 1.29 is 4.79 Å². The van der Waals surface area contributed by atoms with E-state index in [1.54, 1.807) is 0 Å². The molecule has 0 aliphatic carbocycles. The molecule has 1 amide bonds. The molecular weight excluding hydrogens is 190 g/mol. The van der Waals surface area contributed by atoms with Gasteiger partial charge in [-0.15, -0.1) is 0 Å². The van der Waals surface area contributed by atoms with Gasteiger partial charge in [-0.25, -0.2) is 0 Å². The Hall–Kier alpha value is -1.08. The molecule has 0 spiro atoms. The van der Waals surface area contributed by atoms with Crippen LogP contribution in [0, 0.1) is 11.3 Å². The quantitative estimate of drug-likeness (QED) is 0.734. The highest BCUT2D eigenvalue weighted by Crippen LogP contribution is 2.18. The van der Waals surface area contributed by atoms with Gasteiger partial charge in [0.05, 0.1) is 12.5 Å². The van der Waals surface area contributed by atoms with Gasteiger partial charge in [-0.1, -0.05) is 0 Å². The predicted octanol–water partition coefficient (Wildman–Crippen LogP) is 0.887. The van der Waals surface area contributed by atoms with Crippen molar-refractivity contribution in [2.24, 2.45) is 0 Å². The lowest BCUT2D eigenvalue weighted by atomic mass is 9.95. The lowest BCUT2D eigenvalue weighted by molar-refractivity contribution is -0.140. The number of hydrogen-bond acceptors (Lipinski definition) is 3. The summed E-state index contributed by atoms with van der Waals surface area (Å²) < 4.78 is 0. The van der Waals surface area contributed by atoms with Crippen molar-refractivity contribution in [3.05, 3.63) is 0 Å². The first-order valence-corrected chi connectivity index (χ1v) is 5.32. The zero-order valence-corrected chi connectivity index (χ0v) is 9.87. The van der Waals surface area contributed by atoms with Crippen LogP contribution in [-0.4, -0.2) is 35.0 Å². The summed E-state index contributed by atoms with van der Waals surface area (Å²) in [4.78, 5) is 13.8. The van der Waals surface area contributed by atoms with E-state index in [1.165, 1.54) is 0 Å². The van der Waals surface area contributed by atoms with E-state index in [4.69, 9.17) is 5.26 Å². The molecule has 0 aromatic rings. The van der Waals surface area contributed by atoms with E-state index in [9.17, 15) is 4.79 Å². The fourth-order valence-electron chi connectivity index (χ4n) is 1.95. The molecule has 0 aromatic heterocycles. The predicted molar refractivity (Wildman–Crippen MR) is 58.1 cm³/mol. The summed E-state index contributed by atoms with van der Waals surface area (Å²) in [6.07, 6.45) is 0.242. The summed E-state index contributed by atoms with van der Waals surface area (Å²) in [6.45, 7) is 8.81. The molecule has 1 aliphatic rings. The standard InChI is InChI=1S/C11H19N3O/c1-8(2)14-7-11(3,4)13-9(5-6-12)10(14)15/h8-9,13H,5,7H2,1-4H3. The second-order valence-electron chi connectivity index (χ2n) is 5.00. The van der Waals surface area contributed by atoms with Gasteiger partial charge < -0.3 is 4.90 Å². The Labute approximate surface area is 91.2 Å². The zero-order chi connectivity index (χ0) is 11.6. The second kappa shape index (κ2) is 4.19. The highest BCUT2D eigenvalue weighted by atomic mass is 16.2. The maximum atomic E-state index is 12.0. The van der Waals surface area contributed by atoms with Gasteiger partial charge in [-0.2, -0.15) is 5.26 Å². The Morgan fingerprint density at radius 1 is 1.67 bits per heavy atom. The van der Waals surface area contributed by atoms with Crippen LogP contribution in [-0.2, 0) is 4.79 Å². The van der Waals surface area contributed by atoms with E-state index in [1.807, 2.05) is 18.7 Å². The fourth-order valence-corrected chi connectivity index (χ4v) is 1.95. The molecule has 1 rings (SSSR count). The first kappa shape index (κ1) is 12.0. The summed E-state index contributed by atoms with van der Waals surface area (Å²) in [5, 5.41) is 11.9. The average Bonchev–Trinajstić information content (AvgIpc) is 2.10. The first-order valence-electron chi connectivity index (χ1n) is 5.32. The molecule has 0 saturated carbocycles. The maximum absolute atomic E-state index is 12.0. The second-order valence-corrected chi connectivity index (χ2v) is 5.00. The lowest BCUT2D eigenvalue weighted by Crippen LogP contribution is -2.66. The van der Waals surface area contributed by atoms with Crippen molar-refractivity contribution in [2.45, 2.75) is 51.7 Å². The molecule has 1 heterocycles. The molecule has 4 nitrogen and oxygen atoms in total. The first-order chi connectivity index (χ1) is 6.87. The van der Waals surface area contributed by atoms with Crippen molar-refractivity contribution in [2.75, 3.05) is 6.54 Å². The number of carbonyl (C=O) groups is 1. The summed E-state index contributed by atoms with van der Waals surface area (Å²) in [5.74, 6) is 0.0471. The number of hydrogen-bond donors (Lipinski definition) is 1. The molecule has 1 atom stereocenters. The number of amides is 1. The summed E-state index contributed by atoms with van der Waals surface area (Å²) in [7, 11) is 0. The number of nitriles is 1. The van der Waals surface area contributed by atoms with Gasteiger partial charge >= 0.3 is 0 Å². The van der Waals surface area contributed by atoms with E-state index in [0.717, 1.165) is 0 Å². The Bertz CT molecular complexity index is 291. The van der Waals surface area contributed by atoms with Crippen LogP contribution in [0.15, 0.2) is 0 Å².